The molecule has 0 spiro atoms. The molecule has 1 N–H and O–H groups in total. The van der Waals surface area contributed by atoms with E-state index in [0.717, 1.165) is 4.90 Å². The predicted molar refractivity (Wildman–Crippen MR) is 125 cm³/mol. The molecule has 1 aromatic heterocycles. The predicted octanol–water partition coefficient (Wildman–Crippen LogP) is 4.56. The van der Waals surface area contributed by atoms with Gasteiger partial charge in [-0.25, -0.2) is 4.90 Å². The third kappa shape index (κ3) is 3.80. The standard InChI is InChI=1S/C24H22N2O5S/c1-4-31-19-9-6-5-8-17(19)26-23(27)21(20-10-7-13-32-20)22(24(26)28)25-16-14-15(29-2)11-12-18(16)30-3/h5-14,25H,4H2,1-3H3. The van der Waals surface area contributed by atoms with Gasteiger partial charge in [0.15, 0.2) is 0 Å². The number of rotatable bonds is 8. The number of benzene rings is 2. The Morgan fingerprint density at radius 2 is 1.75 bits per heavy atom. The minimum Gasteiger partial charge on any atom is -0.497 e. The van der Waals surface area contributed by atoms with Gasteiger partial charge in [-0.05, 0) is 42.6 Å². The Kier molecular flexibility index (Phi) is 6.13. The van der Waals surface area contributed by atoms with E-state index in [1.54, 1.807) is 49.6 Å². The van der Waals surface area contributed by atoms with E-state index in [1.165, 1.54) is 18.4 Å². The van der Waals surface area contributed by atoms with Crippen molar-refractivity contribution < 1.29 is 23.8 Å². The lowest BCUT2D eigenvalue weighted by molar-refractivity contribution is -0.120. The summed E-state index contributed by atoms with van der Waals surface area (Å²) < 4.78 is 16.4. The molecule has 7 nitrogen and oxygen atoms in total. The Morgan fingerprint density at radius 1 is 0.938 bits per heavy atom. The van der Waals surface area contributed by atoms with Crippen molar-refractivity contribution in [1.29, 1.82) is 0 Å². The van der Waals surface area contributed by atoms with Gasteiger partial charge in [0, 0.05) is 10.9 Å². The number of anilines is 2. The molecule has 0 atom stereocenters. The van der Waals surface area contributed by atoms with Crippen molar-refractivity contribution in [2.45, 2.75) is 6.92 Å². The summed E-state index contributed by atoms with van der Waals surface area (Å²) in [5, 5.41) is 5.00. The van der Waals surface area contributed by atoms with Crippen LogP contribution in [0.2, 0.25) is 0 Å². The first-order chi connectivity index (χ1) is 15.6. The highest BCUT2D eigenvalue weighted by Gasteiger charge is 2.42. The maximum atomic E-state index is 13.6. The van der Waals surface area contributed by atoms with E-state index < -0.39 is 11.8 Å². The van der Waals surface area contributed by atoms with Gasteiger partial charge in [0.1, 0.15) is 22.9 Å². The number of thiophene rings is 1. The van der Waals surface area contributed by atoms with E-state index in [0.29, 0.717) is 45.7 Å². The summed E-state index contributed by atoms with van der Waals surface area (Å²) in [5.74, 6) is 0.658. The molecule has 8 heteroatoms. The number of amides is 2. The largest absolute Gasteiger partial charge is 0.497 e. The zero-order valence-electron chi connectivity index (χ0n) is 17.9. The van der Waals surface area contributed by atoms with Crippen LogP contribution in [0, 0.1) is 0 Å². The van der Waals surface area contributed by atoms with Gasteiger partial charge >= 0.3 is 0 Å². The van der Waals surface area contributed by atoms with Gasteiger partial charge in [-0.2, -0.15) is 0 Å². The lowest BCUT2D eigenvalue weighted by atomic mass is 10.1. The Hall–Kier alpha value is -3.78. The molecule has 0 saturated heterocycles. The summed E-state index contributed by atoms with van der Waals surface area (Å²) in [6.45, 7) is 2.26. The van der Waals surface area contributed by atoms with Crippen LogP contribution in [0.3, 0.4) is 0 Å². The number of methoxy groups -OCH3 is 2. The van der Waals surface area contributed by atoms with Gasteiger partial charge in [-0.15, -0.1) is 11.3 Å². The fourth-order valence-corrected chi connectivity index (χ4v) is 4.25. The molecule has 164 valence electrons. The molecular formula is C24H22N2O5S. The van der Waals surface area contributed by atoms with Gasteiger partial charge in [0.05, 0.1) is 37.8 Å². The van der Waals surface area contributed by atoms with Crippen LogP contribution in [0.25, 0.3) is 5.57 Å². The van der Waals surface area contributed by atoms with Gasteiger partial charge in [-0.1, -0.05) is 18.2 Å². The van der Waals surface area contributed by atoms with Crippen molar-refractivity contribution in [3.63, 3.8) is 0 Å². The highest BCUT2D eigenvalue weighted by Crippen LogP contribution is 2.40. The van der Waals surface area contributed by atoms with E-state index in [9.17, 15) is 9.59 Å². The van der Waals surface area contributed by atoms with E-state index in [2.05, 4.69) is 5.32 Å². The molecule has 1 aliphatic rings. The molecule has 4 rings (SSSR count). The zero-order valence-corrected chi connectivity index (χ0v) is 18.7. The third-order valence-electron chi connectivity index (χ3n) is 4.92. The SMILES string of the molecule is CCOc1ccccc1N1C(=O)C(Nc2cc(OC)ccc2OC)=C(c2cccs2)C1=O. The Morgan fingerprint density at radius 3 is 2.44 bits per heavy atom. The van der Waals surface area contributed by atoms with Crippen molar-refractivity contribution in [2.75, 3.05) is 31.0 Å². The van der Waals surface area contributed by atoms with E-state index in [4.69, 9.17) is 14.2 Å². The van der Waals surface area contributed by atoms with Crippen molar-refractivity contribution in [3.8, 4) is 17.2 Å². The molecule has 32 heavy (non-hydrogen) atoms. The number of carbonyl (C=O) groups excluding carboxylic acids is 2. The quantitative estimate of drug-likeness (QED) is 0.507. The van der Waals surface area contributed by atoms with Crippen LogP contribution >= 0.6 is 11.3 Å². The number of carbonyl (C=O) groups is 2. The molecule has 0 unspecified atom stereocenters. The number of para-hydroxylation sites is 2. The average Bonchev–Trinajstić information content (AvgIpc) is 3.41. The number of imide groups is 1. The van der Waals surface area contributed by atoms with Crippen LogP contribution in [-0.4, -0.2) is 32.6 Å². The normalized spacial score (nSPS) is 13.5. The molecule has 3 aromatic rings. The van der Waals surface area contributed by atoms with Crippen LogP contribution in [0.5, 0.6) is 17.2 Å². The molecule has 0 radical (unpaired) electrons. The minimum absolute atomic E-state index is 0.162. The summed E-state index contributed by atoms with van der Waals surface area (Å²) in [5.41, 5.74) is 1.36. The molecule has 2 amide bonds. The highest BCUT2D eigenvalue weighted by atomic mass is 32.1. The van der Waals surface area contributed by atoms with Gasteiger partial charge < -0.3 is 19.5 Å². The van der Waals surface area contributed by atoms with Gasteiger partial charge in [-0.3, -0.25) is 9.59 Å². The Balaban J connectivity index is 1.83. The van der Waals surface area contributed by atoms with Crippen LogP contribution in [0.4, 0.5) is 11.4 Å². The highest BCUT2D eigenvalue weighted by molar-refractivity contribution is 7.11. The molecule has 2 heterocycles. The zero-order chi connectivity index (χ0) is 22.7. The molecule has 0 bridgehead atoms. The Labute approximate surface area is 189 Å². The molecule has 2 aromatic carbocycles. The topological polar surface area (TPSA) is 77.1 Å². The number of ether oxygens (including phenoxy) is 3. The maximum absolute atomic E-state index is 13.6. The van der Waals surface area contributed by atoms with E-state index in [1.807, 2.05) is 24.4 Å². The molecular weight excluding hydrogens is 428 g/mol. The first-order valence-electron chi connectivity index (χ1n) is 9.96. The fourth-order valence-electron chi connectivity index (χ4n) is 3.48. The van der Waals surface area contributed by atoms with Crippen molar-refractivity contribution in [3.05, 3.63) is 70.6 Å². The van der Waals surface area contributed by atoms with Crippen LogP contribution in [-0.2, 0) is 9.59 Å². The third-order valence-corrected chi connectivity index (χ3v) is 5.81. The second kappa shape index (κ2) is 9.15. The summed E-state index contributed by atoms with van der Waals surface area (Å²) in [4.78, 5) is 29.0. The van der Waals surface area contributed by atoms with Crippen LogP contribution in [0.1, 0.15) is 11.8 Å². The molecule has 0 saturated carbocycles. The molecule has 0 aliphatic carbocycles. The number of hydrogen-bond donors (Lipinski definition) is 1. The summed E-state index contributed by atoms with van der Waals surface area (Å²) in [6.07, 6.45) is 0. The first kappa shape index (κ1) is 21.5. The smallest absolute Gasteiger partial charge is 0.282 e. The fraction of sp³-hybridized carbons (Fsp3) is 0.167. The van der Waals surface area contributed by atoms with Crippen LogP contribution in [0.15, 0.2) is 65.7 Å². The number of hydrogen-bond acceptors (Lipinski definition) is 7. The van der Waals surface area contributed by atoms with E-state index in [-0.39, 0.29) is 5.70 Å². The molecule has 0 fully saturated rings. The summed E-state index contributed by atoms with van der Waals surface area (Å²) in [6, 6.07) is 15.8. The minimum atomic E-state index is -0.476. The second-order valence-corrected chi connectivity index (χ2v) is 7.71. The first-order valence-corrected chi connectivity index (χ1v) is 10.8. The molecule has 1 aliphatic heterocycles. The van der Waals surface area contributed by atoms with E-state index >= 15 is 0 Å². The van der Waals surface area contributed by atoms with Crippen molar-refractivity contribution in [2.24, 2.45) is 0 Å². The van der Waals surface area contributed by atoms with Gasteiger partial charge in [0.2, 0.25) is 0 Å². The lowest BCUT2D eigenvalue weighted by Crippen LogP contribution is -2.32. The van der Waals surface area contributed by atoms with Crippen molar-refractivity contribution in [1.82, 2.24) is 0 Å². The number of nitrogens with one attached hydrogen (secondary N) is 1. The monoisotopic (exact) mass is 450 g/mol. The second-order valence-electron chi connectivity index (χ2n) is 6.76. The summed E-state index contributed by atoms with van der Waals surface area (Å²) >= 11 is 1.38. The maximum Gasteiger partial charge on any atom is 0.282 e. The van der Waals surface area contributed by atoms with Gasteiger partial charge in [0.25, 0.3) is 11.8 Å². The summed E-state index contributed by atoms with van der Waals surface area (Å²) in [7, 11) is 3.09. The average molecular weight is 451 g/mol. The Bertz CT molecular complexity index is 1190. The number of nitrogens with zero attached hydrogens (tertiary/aromatic N) is 1. The van der Waals surface area contributed by atoms with Crippen molar-refractivity contribution >= 4 is 40.1 Å². The lowest BCUT2D eigenvalue weighted by Gasteiger charge is -2.19. The van der Waals surface area contributed by atoms with Crippen LogP contribution < -0.4 is 24.4 Å².